The van der Waals surface area contributed by atoms with Gasteiger partial charge in [-0.1, -0.05) is 0 Å². The van der Waals surface area contributed by atoms with E-state index in [1.165, 1.54) is 10.5 Å². The number of hydrogen-bond acceptors (Lipinski definition) is 4. The van der Waals surface area contributed by atoms with Crippen molar-refractivity contribution >= 4 is 21.6 Å². The van der Waals surface area contributed by atoms with Crippen molar-refractivity contribution in [2.24, 2.45) is 0 Å². The molecule has 0 saturated heterocycles. The second-order valence-electron chi connectivity index (χ2n) is 4.62. The second kappa shape index (κ2) is 5.81. The summed E-state index contributed by atoms with van der Waals surface area (Å²) in [4.78, 5) is 16.8. The smallest absolute Gasteiger partial charge is 0.258 e. The number of benzene rings is 1. The van der Waals surface area contributed by atoms with Crippen molar-refractivity contribution in [1.82, 2.24) is 9.38 Å². The van der Waals surface area contributed by atoms with Crippen LogP contribution >= 0.6 is 15.9 Å². The molecule has 0 N–H and O–H groups in total. The van der Waals surface area contributed by atoms with Crippen molar-refractivity contribution in [3.05, 3.63) is 57.4 Å². The third-order valence-electron chi connectivity index (χ3n) is 3.30. The molecule has 0 spiro atoms. The molecule has 0 aliphatic carbocycles. The quantitative estimate of drug-likeness (QED) is 0.719. The SMILES string of the molecule is COc1ccc(-c2cc(=O)n3cc(Br)ccc3n2)cc1OC. The van der Waals surface area contributed by atoms with Crippen LogP contribution in [0.5, 0.6) is 11.5 Å². The van der Waals surface area contributed by atoms with Crippen LogP contribution in [0.1, 0.15) is 0 Å². The van der Waals surface area contributed by atoms with Gasteiger partial charge in [0.05, 0.1) is 19.9 Å². The molecule has 22 heavy (non-hydrogen) atoms. The van der Waals surface area contributed by atoms with Crippen molar-refractivity contribution in [3.8, 4) is 22.8 Å². The zero-order chi connectivity index (χ0) is 15.7. The van der Waals surface area contributed by atoms with Crippen LogP contribution in [0.2, 0.25) is 0 Å². The Morgan fingerprint density at radius 3 is 2.55 bits per heavy atom. The average Bonchev–Trinajstić information content (AvgIpc) is 2.54. The third-order valence-corrected chi connectivity index (χ3v) is 3.77. The lowest BCUT2D eigenvalue weighted by atomic mass is 10.1. The van der Waals surface area contributed by atoms with Crippen LogP contribution in [-0.4, -0.2) is 23.6 Å². The summed E-state index contributed by atoms with van der Waals surface area (Å²) in [5.74, 6) is 1.23. The second-order valence-corrected chi connectivity index (χ2v) is 5.54. The van der Waals surface area contributed by atoms with E-state index in [0.29, 0.717) is 22.8 Å². The maximum Gasteiger partial charge on any atom is 0.258 e. The Balaban J connectivity index is 2.18. The fourth-order valence-electron chi connectivity index (χ4n) is 2.22. The van der Waals surface area contributed by atoms with Crippen LogP contribution < -0.4 is 15.0 Å². The van der Waals surface area contributed by atoms with Gasteiger partial charge in [0.15, 0.2) is 11.5 Å². The summed E-state index contributed by atoms with van der Waals surface area (Å²) in [5, 5.41) is 0. The van der Waals surface area contributed by atoms with E-state index in [1.54, 1.807) is 38.6 Å². The zero-order valence-corrected chi connectivity index (χ0v) is 13.6. The lowest BCUT2D eigenvalue weighted by molar-refractivity contribution is 0.355. The largest absolute Gasteiger partial charge is 0.493 e. The average molecular weight is 361 g/mol. The van der Waals surface area contributed by atoms with E-state index in [0.717, 1.165) is 10.0 Å². The Hall–Kier alpha value is -2.34. The molecule has 0 fully saturated rings. The molecule has 3 aromatic rings. The van der Waals surface area contributed by atoms with Gasteiger partial charge in [0.2, 0.25) is 0 Å². The number of methoxy groups -OCH3 is 2. The van der Waals surface area contributed by atoms with Gasteiger partial charge in [-0.05, 0) is 46.3 Å². The first-order valence-electron chi connectivity index (χ1n) is 6.54. The maximum absolute atomic E-state index is 12.2. The highest BCUT2D eigenvalue weighted by molar-refractivity contribution is 9.10. The summed E-state index contributed by atoms with van der Waals surface area (Å²) in [6, 6.07) is 10.6. The lowest BCUT2D eigenvalue weighted by Gasteiger charge is -2.10. The molecule has 6 heteroatoms. The molecule has 0 aliphatic rings. The highest BCUT2D eigenvalue weighted by Gasteiger charge is 2.09. The van der Waals surface area contributed by atoms with Gasteiger partial charge in [0.1, 0.15) is 5.65 Å². The fourth-order valence-corrected chi connectivity index (χ4v) is 2.56. The first kappa shape index (κ1) is 14.6. The summed E-state index contributed by atoms with van der Waals surface area (Å²) in [5.41, 5.74) is 1.82. The molecule has 5 nitrogen and oxygen atoms in total. The van der Waals surface area contributed by atoms with Crippen molar-refractivity contribution < 1.29 is 9.47 Å². The summed E-state index contributed by atoms with van der Waals surface area (Å²) in [6.45, 7) is 0. The monoisotopic (exact) mass is 360 g/mol. The molecule has 0 atom stereocenters. The van der Waals surface area contributed by atoms with E-state index < -0.39 is 0 Å². The van der Waals surface area contributed by atoms with E-state index >= 15 is 0 Å². The maximum atomic E-state index is 12.2. The van der Waals surface area contributed by atoms with E-state index in [1.807, 2.05) is 12.1 Å². The summed E-state index contributed by atoms with van der Waals surface area (Å²) in [7, 11) is 3.15. The summed E-state index contributed by atoms with van der Waals surface area (Å²) < 4.78 is 12.8. The first-order chi connectivity index (χ1) is 10.6. The number of rotatable bonds is 3. The molecule has 0 saturated carbocycles. The zero-order valence-electron chi connectivity index (χ0n) is 12.0. The van der Waals surface area contributed by atoms with Gasteiger partial charge in [-0.2, -0.15) is 0 Å². The number of pyridine rings is 1. The normalized spacial score (nSPS) is 10.7. The van der Waals surface area contributed by atoms with Crippen LogP contribution in [-0.2, 0) is 0 Å². The molecule has 2 heterocycles. The van der Waals surface area contributed by atoms with Crippen molar-refractivity contribution in [3.63, 3.8) is 0 Å². The van der Waals surface area contributed by atoms with Crippen molar-refractivity contribution in [2.75, 3.05) is 14.2 Å². The molecule has 0 unspecified atom stereocenters. The molecule has 0 radical (unpaired) electrons. The Labute approximate surface area is 135 Å². The number of nitrogens with zero attached hydrogens (tertiary/aromatic N) is 2. The molecule has 112 valence electrons. The van der Waals surface area contributed by atoms with Gasteiger partial charge >= 0.3 is 0 Å². The van der Waals surface area contributed by atoms with Gasteiger partial charge in [0, 0.05) is 22.3 Å². The highest BCUT2D eigenvalue weighted by atomic mass is 79.9. The van der Waals surface area contributed by atoms with Crippen molar-refractivity contribution in [2.45, 2.75) is 0 Å². The van der Waals surface area contributed by atoms with Gasteiger partial charge < -0.3 is 9.47 Å². The number of ether oxygens (including phenoxy) is 2. The van der Waals surface area contributed by atoms with Crippen LogP contribution in [0, 0.1) is 0 Å². The Morgan fingerprint density at radius 1 is 1.05 bits per heavy atom. The van der Waals surface area contributed by atoms with Crippen LogP contribution in [0.15, 0.2) is 51.9 Å². The Bertz CT molecular complexity index is 906. The highest BCUT2D eigenvalue weighted by Crippen LogP contribution is 2.31. The molecular formula is C16H13BrN2O3. The minimum absolute atomic E-state index is 0.143. The molecule has 0 amide bonds. The lowest BCUT2D eigenvalue weighted by Crippen LogP contribution is -2.14. The first-order valence-corrected chi connectivity index (χ1v) is 7.33. The molecule has 0 bridgehead atoms. The van der Waals surface area contributed by atoms with Crippen LogP contribution in [0.25, 0.3) is 16.9 Å². The standard InChI is InChI=1S/C16H13BrN2O3/c1-21-13-5-3-10(7-14(13)22-2)12-8-16(20)19-9-11(17)4-6-15(19)18-12/h3-9H,1-2H3. The topological polar surface area (TPSA) is 52.8 Å². The van der Waals surface area contributed by atoms with Crippen LogP contribution in [0.4, 0.5) is 0 Å². The number of halogens is 1. The van der Waals surface area contributed by atoms with E-state index in [9.17, 15) is 4.79 Å². The summed E-state index contributed by atoms with van der Waals surface area (Å²) in [6.07, 6.45) is 1.70. The molecular weight excluding hydrogens is 348 g/mol. The van der Waals surface area contributed by atoms with E-state index in [-0.39, 0.29) is 5.56 Å². The molecule has 1 aromatic carbocycles. The minimum Gasteiger partial charge on any atom is -0.493 e. The van der Waals surface area contributed by atoms with Gasteiger partial charge in [-0.25, -0.2) is 4.98 Å². The molecule has 0 aliphatic heterocycles. The van der Waals surface area contributed by atoms with E-state index in [2.05, 4.69) is 20.9 Å². The van der Waals surface area contributed by atoms with Gasteiger partial charge in [0.25, 0.3) is 5.56 Å². The Morgan fingerprint density at radius 2 is 1.82 bits per heavy atom. The molecule has 3 rings (SSSR count). The summed E-state index contributed by atoms with van der Waals surface area (Å²) >= 11 is 3.35. The van der Waals surface area contributed by atoms with Crippen LogP contribution in [0.3, 0.4) is 0 Å². The number of aromatic nitrogens is 2. The Kier molecular flexibility index (Phi) is 3.85. The number of hydrogen-bond donors (Lipinski definition) is 0. The third kappa shape index (κ3) is 2.57. The fraction of sp³-hybridized carbons (Fsp3) is 0.125. The van der Waals surface area contributed by atoms with Gasteiger partial charge in [-0.15, -0.1) is 0 Å². The minimum atomic E-state index is -0.143. The molecule has 2 aromatic heterocycles. The predicted octanol–water partition coefficient (Wildman–Crippen LogP) is 3.14. The predicted molar refractivity (Wildman–Crippen MR) is 87.7 cm³/mol. The van der Waals surface area contributed by atoms with Crippen molar-refractivity contribution in [1.29, 1.82) is 0 Å². The van der Waals surface area contributed by atoms with Gasteiger partial charge in [-0.3, -0.25) is 9.20 Å². The van der Waals surface area contributed by atoms with E-state index in [4.69, 9.17) is 9.47 Å². The number of fused-ring (bicyclic) bond motifs is 1.